The van der Waals surface area contributed by atoms with Crippen molar-refractivity contribution in [2.75, 3.05) is 19.7 Å². The zero-order chi connectivity index (χ0) is 15.3. The maximum atomic E-state index is 12.7. The van der Waals surface area contributed by atoms with Crippen molar-refractivity contribution < 1.29 is 18.3 Å². The van der Waals surface area contributed by atoms with Gasteiger partial charge in [0.05, 0.1) is 19.2 Å². The van der Waals surface area contributed by atoms with Gasteiger partial charge in [0.25, 0.3) is 0 Å². The van der Waals surface area contributed by atoms with E-state index >= 15 is 0 Å². The van der Waals surface area contributed by atoms with Crippen LogP contribution in [-0.2, 0) is 0 Å². The highest BCUT2D eigenvalue weighted by Gasteiger charge is 2.36. The monoisotopic (exact) mass is 374 g/mol. The van der Waals surface area contributed by atoms with Gasteiger partial charge in [0.1, 0.15) is 0 Å². The van der Waals surface area contributed by atoms with Gasteiger partial charge in [-0.25, -0.2) is 0 Å². The van der Waals surface area contributed by atoms with E-state index in [1.165, 1.54) is 16.2 Å². The Kier molecular flexibility index (Phi) is 6.93. The molecule has 2 atom stereocenters. The van der Waals surface area contributed by atoms with Gasteiger partial charge in [-0.15, -0.1) is 11.3 Å². The first-order chi connectivity index (χ1) is 9.28. The summed E-state index contributed by atoms with van der Waals surface area (Å²) >= 11 is 4.66. The minimum atomic E-state index is -4.32. The van der Waals surface area contributed by atoms with Crippen LogP contribution in [0, 0.1) is 0 Å². The van der Waals surface area contributed by atoms with Gasteiger partial charge >= 0.3 is 6.18 Å². The molecule has 0 aliphatic rings. The molecule has 0 radical (unpaired) electrons. The molecule has 0 aromatic carbocycles. The van der Waals surface area contributed by atoms with Gasteiger partial charge in [0, 0.05) is 27.3 Å². The second-order valence-corrected chi connectivity index (χ2v) is 6.35. The fourth-order valence-corrected chi connectivity index (χ4v) is 3.70. The maximum Gasteiger partial charge on any atom is 0.401 e. The van der Waals surface area contributed by atoms with Crippen LogP contribution in [0.5, 0.6) is 0 Å². The molecule has 1 heterocycles. The fraction of sp³-hybridized carbons (Fsp3) is 0.667. The standard InChI is InChI=1S/C12H18BrF3N2OS/c1-2-9(17)11(10-5-8(13)6-20-10)18(3-4-19)7-12(14,15)16/h5-6,9,11,19H,2-4,7,17H2,1H3. The van der Waals surface area contributed by atoms with Crippen LogP contribution in [-0.4, -0.2) is 41.9 Å². The second kappa shape index (κ2) is 7.74. The van der Waals surface area contributed by atoms with Gasteiger partial charge < -0.3 is 10.8 Å². The van der Waals surface area contributed by atoms with E-state index in [-0.39, 0.29) is 13.2 Å². The van der Waals surface area contributed by atoms with Crippen LogP contribution < -0.4 is 5.73 Å². The third-order valence-corrected chi connectivity index (χ3v) is 4.68. The van der Waals surface area contributed by atoms with E-state index in [1.54, 1.807) is 6.07 Å². The average Bonchev–Trinajstić information content (AvgIpc) is 2.74. The topological polar surface area (TPSA) is 49.5 Å². The first kappa shape index (κ1) is 17.9. The quantitative estimate of drug-likeness (QED) is 0.770. The Labute approximate surface area is 128 Å². The first-order valence-corrected chi connectivity index (χ1v) is 7.87. The molecular weight excluding hydrogens is 357 g/mol. The molecule has 0 fully saturated rings. The largest absolute Gasteiger partial charge is 0.401 e. The highest BCUT2D eigenvalue weighted by molar-refractivity contribution is 9.10. The Hall–Kier alpha value is -0.150. The highest BCUT2D eigenvalue weighted by atomic mass is 79.9. The number of nitrogens with zero attached hydrogens (tertiary/aromatic N) is 1. The van der Waals surface area contributed by atoms with Crippen LogP contribution >= 0.6 is 27.3 Å². The zero-order valence-electron chi connectivity index (χ0n) is 11.0. The predicted molar refractivity (Wildman–Crippen MR) is 77.7 cm³/mol. The lowest BCUT2D eigenvalue weighted by molar-refractivity contribution is -0.153. The van der Waals surface area contributed by atoms with Crippen LogP contribution in [0.4, 0.5) is 13.2 Å². The van der Waals surface area contributed by atoms with Gasteiger partial charge in [0.15, 0.2) is 0 Å². The number of aliphatic hydroxyl groups excluding tert-OH is 1. The normalized spacial score (nSPS) is 15.6. The summed E-state index contributed by atoms with van der Waals surface area (Å²) in [5.74, 6) is 0. The number of hydrogen-bond acceptors (Lipinski definition) is 4. The van der Waals surface area contributed by atoms with Crippen LogP contribution in [0.3, 0.4) is 0 Å². The van der Waals surface area contributed by atoms with E-state index in [4.69, 9.17) is 10.8 Å². The first-order valence-electron chi connectivity index (χ1n) is 6.19. The molecule has 1 aromatic heterocycles. The molecule has 116 valence electrons. The van der Waals surface area contributed by atoms with Gasteiger partial charge in [-0.3, -0.25) is 4.90 Å². The molecule has 1 aromatic rings. The highest BCUT2D eigenvalue weighted by Crippen LogP contribution is 2.33. The molecule has 3 N–H and O–H groups in total. The van der Waals surface area contributed by atoms with Crippen LogP contribution in [0.1, 0.15) is 24.3 Å². The number of halogens is 4. The molecule has 8 heteroatoms. The SMILES string of the molecule is CCC(N)C(c1cc(Br)cs1)N(CCO)CC(F)(F)F. The average molecular weight is 375 g/mol. The molecule has 3 nitrogen and oxygen atoms in total. The number of hydrogen-bond donors (Lipinski definition) is 2. The molecule has 0 aliphatic carbocycles. The summed E-state index contributed by atoms with van der Waals surface area (Å²) in [6.45, 7) is 0.357. The van der Waals surface area contributed by atoms with Gasteiger partial charge in [-0.05, 0) is 28.4 Å². The number of rotatable bonds is 7. The minimum Gasteiger partial charge on any atom is -0.395 e. The molecule has 0 saturated carbocycles. The van der Waals surface area contributed by atoms with Crippen LogP contribution in [0.15, 0.2) is 15.9 Å². The Balaban J connectivity index is 3.04. The lowest BCUT2D eigenvalue weighted by Crippen LogP contribution is -2.45. The number of thiophene rings is 1. The van der Waals surface area contributed by atoms with Crippen LogP contribution in [0.2, 0.25) is 0 Å². The summed E-state index contributed by atoms with van der Waals surface area (Å²) in [4.78, 5) is 1.97. The van der Waals surface area contributed by atoms with E-state index in [1.807, 2.05) is 12.3 Å². The lowest BCUT2D eigenvalue weighted by Gasteiger charge is -2.34. The van der Waals surface area contributed by atoms with Crippen molar-refractivity contribution >= 4 is 27.3 Å². The van der Waals surface area contributed by atoms with Crippen molar-refractivity contribution in [3.8, 4) is 0 Å². The second-order valence-electron chi connectivity index (χ2n) is 4.49. The lowest BCUT2D eigenvalue weighted by atomic mass is 10.0. The molecule has 0 amide bonds. The molecule has 2 unspecified atom stereocenters. The molecule has 0 spiro atoms. The summed E-state index contributed by atoms with van der Waals surface area (Å²) in [7, 11) is 0. The Morgan fingerprint density at radius 2 is 2.15 bits per heavy atom. The predicted octanol–water partition coefficient (Wildman–Crippen LogP) is 3.15. The molecular formula is C12H18BrF3N2OS. The zero-order valence-corrected chi connectivity index (χ0v) is 13.4. The van der Waals surface area contributed by atoms with Gasteiger partial charge in [-0.1, -0.05) is 6.92 Å². The van der Waals surface area contributed by atoms with E-state index < -0.39 is 24.8 Å². The summed E-state index contributed by atoms with van der Waals surface area (Å²) in [5.41, 5.74) is 6.01. The maximum absolute atomic E-state index is 12.7. The van der Waals surface area contributed by atoms with Gasteiger partial charge in [-0.2, -0.15) is 13.2 Å². The smallest absolute Gasteiger partial charge is 0.395 e. The molecule has 20 heavy (non-hydrogen) atoms. The van der Waals surface area contributed by atoms with E-state index in [9.17, 15) is 13.2 Å². The third-order valence-electron chi connectivity index (χ3n) is 2.92. The van der Waals surface area contributed by atoms with E-state index in [2.05, 4.69) is 15.9 Å². The summed E-state index contributed by atoms with van der Waals surface area (Å²) in [6, 6.07) is 0.811. The minimum absolute atomic E-state index is 0.0621. The summed E-state index contributed by atoms with van der Waals surface area (Å²) in [5, 5.41) is 10.8. The Bertz CT molecular complexity index is 414. The fourth-order valence-electron chi connectivity index (χ4n) is 2.04. The Morgan fingerprint density at radius 3 is 2.55 bits per heavy atom. The van der Waals surface area contributed by atoms with Crippen molar-refractivity contribution in [2.24, 2.45) is 5.73 Å². The van der Waals surface area contributed by atoms with Crippen molar-refractivity contribution in [3.05, 3.63) is 20.8 Å². The molecule has 0 bridgehead atoms. The van der Waals surface area contributed by atoms with Crippen molar-refractivity contribution in [1.29, 1.82) is 0 Å². The summed E-state index contributed by atoms with van der Waals surface area (Å²) in [6.07, 6.45) is -3.77. The molecule has 1 rings (SSSR count). The molecule has 0 aliphatic heterocycles. The van der Waals surface area contributed by atoms with Crippen molar-refractivity contribution in [3.63, 3.8) is 0 Å². The van der Waals surface area contributed by atoms with E-state index in [0.717, 1.165) is 9.35 Å². The van der Waals surface area contributed by atoms with Crippen LogP contribution in [0.25, 0.3) is 0 Å². The van der Waals surface area contributed by atoms with E-state index in [0.29, 0.717) is 6.42 Å². The van der Waals surface area contributed by atoms with Crippen molar-refractivity contribution in [2.45, 2.75) is 31.6 Å². The Morgan fingerprint density at radius 1 is 1.50 bits per heavy atom. The van der Waals surface area contributed by atoms with Crippen molar-refractivity contribution in [1.82, 2.24) is 4.90 Å². The number of nitrogens with two attached hydrogens (primary N) is 1. The number of alkyl halides is 3. The van der Waals surface area contributed by atoms with Gasteiger partial charge in [0.2, 0.25) is 0 Å². The molecule has 0 saturated heterocycles. The third kappa shape index (κ3) is 5.33. The number of aliphatic hydroxyl groups is 1. The summed E-state index contributed by atoms with van der Waals surface area (Å²) < 4.78 is 38.9.